The number of nitrogens with zero attached hydrogens (tertiary/aromatic N) is 4. The largest absolute Gasteiger partial charge is 0.389 e. The Hall–Kier alpha value is -3.07. The number of hydrogen-bond donors (Lipinski definition) is 2. The van der Waals surface area contributed by atoms with E-state index < -0.39 is 5.60 Å². The molecule has 3 heterocycles. The fourth-order valence-corrected chi connectivity index (χ4v) is 3.58. The Morgan fingerprint density at radius 1 is 1.25 bits per heavy atom. The number of carbonyl (C=O) groups is 1. The van der Waals surface area contributed by atoms with E-state index in [-0.39, 0.29) is 23.8 Å². The fraction of sp³-hybridized carbons (Fsp3) is 0.368. The van der Waals surface area contributed by atoms with Crippen LogP contribution in [0.5, 0.6) is 0 Å². The number of carbonyl (C=O) groups excluding carboxylic acids is 1. The van der Waals surface area contributed by atoms with Crippen LogP contribution in [0.15, 0.2) is 41.6 Å². The molecule has 0 aliphatic carbocycles. The number of aliphatic hydroxyl groups is 1. The van der Waals surface area contributed by atoms with E-state index in [9.17, 15) is 19.1 Å². The molecule has 1 aliphatic heterocycles. The van der Waals surface area contributed by atoms with Gasteiger partial charge < -0.3 is 15.0 Å². The van der Waals surface area contributed by atoms with E-state index in [1.165, 1.54) is 29.3 Å². The summed E-state index contributed by atoms with van der Waals surface area (Å²) >= 11 is 0. The number of nitrogens with one attached hydrogen (secondary N) is 1. The van der Waals surface area contributed by atoms with Crippen molar-refractivity contribution in [2.75, 3.05) is 13.1 Å². The van der Waals surface area contributed by atoms with Crippen molar-refractivity contribution in [2.45, 2.75) is 31.4 Å². The van der Waals surface area contributed by atoms with Crippen molar-refractivity contribution >= 4 is 16.9 Å². The van der Waals surface area contributed by atoms with Crippen LogP contribution in [-0.2, 0) is 17.8 Å². The molecule has 1 amide bonds. The summed E-state index contributed by atoms with van der Waals surface area (Å²) in [7, 11) is 0. The van der Waals surface area contributed by atoms with Crippen LogP contribution in [0.3, 0.4) is 0 Å². The summed E-state index contributed by atoms with van der Waals surface area (Å²) in [5, 5.41) is 15.2. The maximum absolute atomic E-state index is 13.0. The molecule has 1 aromatic carbocycles. The first-order valence-corrected chi connectivity index (χ1v) is 9.07. The lowest BCUT2D eigenvalue weighted by Crippen LogP contribution is -2.48. The van der Waals surface area contributed by atoms with Crippen LogP contribution in [-0.4, -0.2) is 54.4 Å². The maximum Gasteiger partial charge on any atom is 0.261 e. The number of aromatic nitrogens is 4. The van der Waals surface area contributed by atoms with Gasteiger partial charge in [-0.25, -0.2) is 14.1 Å². The molecule has 3 aromatic rings. The minimum Gasteiger partial charge on any atom is -0.389 e. The summed E-state index contributed by atoms with van der Waals surface area (Å²) in [6.45, 7) is 0.823. The van der Waals surface area contributed by atoms with E-state index in [2.05, 4.69) is 15.1 Å². The number of fused-ring (bicyclic) bond motifs is 1. The van der Waals surface area contributed by atoms with Gasteiger partial charge in [0.2, 0.25) is 5.91 Å². The van der Waals surface area contributed by atoms with Crippen LogP contribution in [0.25, 0.3) is 11.0 Å². The molecule has 0 atom stereocenters. The van der Waals surface area contributed by atoms with Crippen LogP contribution < -0.4 is 5.56 Å². The molecule has 0 unspecified atom stereocenters. The second-order valence-electron chi connectivity index (χ2n) is 7.18. The lowest BCUT2D eigenvalue weighted by Gasteiger charge is -2.38. The van der Waals surface area contributed by atoms with Gasteiger partial charge >= 0.3 is 0 Å². The van der Waals surface area contributed by atoms with Crippen molar-refractivity contribution < 1.29 is 14.3 Å². The molecule has 28 heavy (non-hydrogen) atoms. The first-order chi connectivity index (χ1) is 13.4. The predicted octanol–water partition coefficient (Wildman–Crippen LogP) is 0.855. The van der Waals surface area contributed by atoms with Crippen LogP contribution in [0.4, 0.5) is 4.39 Å². The fourth-order valence-electron chi connectivity index (χ4n) is 3.58. The van der Waals surface area contributed by atoms with E-state index >= 15 is 0 Å². The smallest absolute Gasteiger partial charge is 0.261 e. The van der Waals surface area contributed by atoms with Crippen molar-refractivity contribution in [3.05, 3.63) is 58.5 Å². The highest BCUT2D eigenvalue weighted by Crippen LogP contribution is 2.26. The van der Waals surface area contributed by atoms with Gasteiger partial charge in [0.15, 0.2) is 5.65 Å². The molecule has 4 rings (SSSR count). The Bertz CT molecular complexity index is 1050. The third-order valence-corrected chi connectivity index (χ3v) is 5.22. The number of likely N-dealkylation sites (tertiary alicyclic amines) is 1. The zero-order valence-corrected chi connectivity index (χ0v) is 15.1. The molecule has 1 saturated heterocycles. The van der Waals surface area contributed by atoms with Gasteiger partial charge in [-0.05, 0) is 30.5 Å². The van der Waals surface area contributed by atoms with Gasteiger partial charge in [0.25, 0.3) is 5.56 Å². The molecular weight excluding hydrogens is 365 g/mol. The third kappa shape index (κ3) is 3.65. The molecular formula is C19H20FN5O3. The lowest BCUT2D eigenvalue weighted by molar-refractivity contribution is -0.136. The Morgan fingerprint density at radius 2 is 1.96 bits per heavy atom. The molecule has 0 saturated carbocycles. The molecule has 2 aromatic heterocycles. The van der Waals surface area contributed by atoms with E-state index in [1.54, 1.807) is 17.0 Å². The number of benzene rings is 1. The zero-order valence-electron chi connectivity index (χ0n) is 15.1. The first kappa shape index (κ1) is 18.3. The lowest BCUT2D eigenvalue weighted by atomic mass is 9.85. The molecule has 1 aliphatic rings. The van der Waals surface area contributed by atoms with Crippen LogP contribution in [0, 0.1) is 5.82 Å². The number of hydrogen-bond acceptors (Lipinski definition) is 5. The van der Waals surface area contributed by atoms with Gasteiger partial charge in [0, 0.05) is 19.5 Å². The number of rotatable bonds is 4. The van der Waals surface area contributed by atoms with Gasteiger partial charge in [-0.2, -0.15) is 5.10 Å². The second-order valence-corrected chi connectivity index (χ2v) is 7.18. The standard InChI is InChI=1S/C19H20FN5O3/c20-14-3-1-13(2-4-14)9-19(28)5-7-24(8-6-19)16(26)11-25-17-15(10-23-25)18(27)22-12-21-17/h1-4,10,12,28H,5-9,11H2,(H,21,22,27). The molecule has 0 bridgehead atoms. The number of amides is 1. The van der Waals surface area contributed by atoms with Gasteiger partial charge in [-0.3, -0.25) is 9.59 Å². The number of halogens is 1. The second kappa shape index (κ2) is 7.16. The molecule has 0 spiro atoms. The Kier molecular flexibility index (Phi) is 4.68. The number of piperidine rings is 1. The molecule has 2 N–H and O–H groups in total. The van der Waals surface area contributed by atoms with Crippen molar-refractivity contribution in [3.8, 4) is 0 Å². The maximum atomic E-state index is 13.0. The average Bonchev–Trinajstić information content (AvgIpc) is 3.08. The molecule has 0 radical (unpaired) electrons. The van der Waals surface area contributed by atoms with E-state index in [4.69, 9.17) is 0 Å². The van der Waals surface area contributed by atoms with E-state index in [0.717, 1.165) is 5.56 Å². The van der Waals surface area contributed by atoms with Gasteiger partial charge in [-0.15, -0.1) is 0 Å². The quantitative estimate of drug-likeness (QED) is 0.693. The van der Waals surface area contributed by atoms with E-state index in [0.29, 0.717) is 43.4 Å². The third-order valence-electron chi connectivity index (χ3n) is 5.22. The predicted molar refractivity (Wildman–Crippen MR) is 99.0 cm³/mol. The summed E-state index contributed by atoms with van der Waals surface area (Å²) in [6.07, 6.45) is 3.98. The molecule has 8 nitrogen and oxygen atoms in total. The zero-order chi connectivity index (χ0) is 19.7. The average molecular weight is 385 g/mol. The van der Waals surface area contributed by atoms with Crippen molar-refractivity contribution in [1.29, 1.82) is 0 Å². The molecule has 9 heteroatoms. The summed E-state index contributed by atoms with van der Waals surface area (Å²) in [6, 6.07) is 6.10. The Morgan fingerprint density at radius 3 is 2.68 bits per heavy atom. The monoisotopic (exact) mass is 385 g/mol. The normalized spacial score (nSPS) is 16.4. The van der Waals surface area contributed by atoms with Crippen LogP contribution >= 0.6 is 0 Å². The summed E-state index contributed by atoms with van der Waals surface area (Å²) in [5.41, 5.74) is 0.0134. The highest BCUT2D eigenvalue weighted by atomic mass is 19.1. The van der Waals surface area contributed by atoms with Gasteiger partial charge in [0.1, 0.15) is 17.7 Å². The summed E-state index contributed by atoms with van der Waals surface area (Å²) in [4.78, 5) is 32.6. The van der Waals surface area contributed by atoms with Crippen LogP contribution in [0.1, 0.15) is 18.4 Å². The van der Waals surface area contributed by atoms with Crippen molar-refractivity contribution in [1.82, 2.24) is 24.6 Å². The SMILES string of the molecule is O=C(Cn1ncc2c(=O)[nH]cnc21)N1CCC(O)(Cc2ccc(F)cc2)CC1. The summed E-state index contributed by atoms with van der Waals surface area (Å²) in [5.74, 6) is -0.449. The van der Waals surface area contributed by atoms with Crippen LogP contribution in [0.2, 0.25) is 0 Å². The van der Waals surface area contributed by atoms with E-state index in [1.807, 2.05) is 0 Å². The van der Waals surface area contributed by atoms with Gasteiger partial charge in [-0.1, -0.05) is 12.1 Å². The Balaban J connectivity index is 1.39. The molecule has 146 valence electrons. The van der Waals surface area contributed by atoms with Crippen molar-refractivity contribution in [2.24, 2.45) is 0 Å². The van der Waals surface area contributed by atoms with Crippen molar-refractivity contribution in [3.63, 3.8) is 0 Å². The minimum atomic E-state index is -0.915. The summed E-state index contributed by atoms with van der Waals surface area (Å²) < 4.78 is 14.4. The topological polar surface area (TPSA) is 104 Å². The number of H-pyrrole nitrogens is 1. The Labute approximate surface area is 159 Å². The highest BCUT2D eigenvalue weighted by Gasteiger charge is 2.34. The first-order valence-electron chi connectivity index (χ1n) is 9.07. The van der Waals surface area contributed by atoms with Gasteiger partial charge in [0.05, 0.1) is 18.1 Å². The minimum absolute atomic E-state index is 0.0175. The highest BCUT2D eigenvalue weighted by molar-refractivity contribution is 5.79. The molecule has 1 fully saturated rings. The number of aromatic amines is 1.